The average molecular weight is 250 g/mol. The molecule has 88 valence electrons. The molecule has 2 rings (SSSR count). The van der Waals surface area contributed by atoms with Crippen molar-refractivity contribution in [2.24, 2.45) is 5.84 Å². The first-order chi connectivity index (χ1) is 8.20. The third-order valence-electron chi connectivity index (χ3n) is 2.31. The molecule has 0 spiro atoms. The molecule has 0 fully saturated rings. The lowest BCUT2D eigenvalue weighted by Gasteiger charge is -2.10. The maximum Gasteiger partial charge on any atom is 0.160 e. The molecule has 0 aliphatic rings. The first-order valence-electron chi connectivity index (χ1n) is 5.01. The number of nitrogens with zero attached hydrogens (tertiary/aromatic N) is 2. The minimum atomic E-state index is 0.495. The number of benzene rings is 1. The maximum atomic E-state index is 6.03. The summed E-state index contributed by atoms with van der Waals surface area (Å²) >= 11 is 6.03. The number of hydrazine groups is 1. The number of hydrogen-bond donors (Lipinski definition) is 3. The Morgan fingerprint density at radius 2 is 2.00 bits per heavy atom. The van der Waals surface area contributed by atoms with Gasteiger partial charge in [-0.3, -0.25) is 4.98 Å². The fourth-order valence-electron chi connectivity index (χ4n) is 1.38. The van der Waals surface area contributed by atoms with Gasteiger partial charge in [-0.25, -0.2) is 10.8 Å². The van der Waals surface area contributed by atoms with Crippen LogP contribution in [-0.4, -0.2) is 9.97 Å². The number of rotatable bonds is 3. The summed E-state index contributed by atoms with van der Waals surface area (Å²) in [6.45, 7) is 1.93. The van der Waals surface area contributed by atoms with Gasteiger partial charge in [-0.2, -0.15) is 0 Å². The van der Waals surface area contributed by atoms with Crippen LogP contribution in [0.3, 0.4) is 0 Å². The van der Waals surface area contributed by atoms with E-state index in [1.54, 1.807) is 6.20 Å². The monoisotopic (exact) mass is 249 g/mol. The van der Waals surface area contributed by atoms with Crippen LogP contribution in [0, 0.1) is 6.92 Å². The van der Waals surface area contributed by atoms with Crippen molar-refractivity contribution in [2.45, 2.75) is 6.92 Å². The van der Waals surface area contributed by atoms with Gasteiger partial charge in [-0.05, 0) is 24.6 Å². The Kier molecular flexibility index (Phi) is 3.41. The van der Waals surface area contributed by atoms with E-state index in [-0.39, 0.29) is 0 Å². The lowest BCUT2D eigenvalue weighted by atomic mass is 10.2. The van der Waals surface area contributed by atoms with Crippen molar-refractivity contribution in [1.82, 2.24) is 9.97 Å². The van der Waals surface area contributed by atoms with Gasteiger partial charge in [0.1, 0.15) is 0 Å². The maximum absolute atomic E-state index is 6.03. The zero-order valence-corrected chi connectivity index (χ0v) is 9.99. The van der Waals surface area contributed by atoms with E-state index in [0.29, 0.717) is 16.7 Å². The van der Waals surface area contributed by atoms with Gasteiger partial charge in [-0.1, -0.05) is 17.7 Å². The summed E-state index contributed by atoms with van der Waals surface area (Å²) in [5.41, 5.74) is 4.29. The predicted octanol–water partition coefficient (Wildman–Crippen LogP) is 2.47. The molecule has 0 bridgehead atoms. The SMILES string of the molecule is Cc1c(Cl)cccc1Nc1cncc(NN)n1. The van der Waals surface area contributed by atoms with Crippen LogP contribution in [0.4, 0.5) is 17.3 Å². The quantitative estimate of drug-likeness (QED) is 0.576. The summed E-state index contributed by atoms with van der Waals surface area (Å²) in [5.74, 6) is 6.36. The number of nitrogen functional groups attached to an aromatic ring is 1. The zero-order valence-electron chi connectivity index (χ0n) is 9.24. The minimum absolute atomic E-state index is 0.495. The van der Waals surface area contributed by atoms with Crippen LogP contribution in [0.5, 0.6) is 0 Å². The van der Waals surface area contributed by atoms with Gasteiger partial charge in [0.05, 0.1) is 12.4 Å². The number of hydrogen-bond acceptors (Lipinski definition) is 5. The first-order valence-corrected chi connectivity index (χ1v) is 5.39. The Morgan fingerprint density at radius 3 is 2.76 bits per heavy atom. The Labute approximate surface area is 104 Å². The van der Waals surface area contributed by atoms with Gasteiger partial charge >= 0.3 is 0 Å². The van der Waals surface area contributed by atoms with E-state index in [1.165, 1.54) is 6.20 Å². The van der Waals surface area contributed by atoms with Crippen LogP contribution in [0.25, 0.3) is 0 Å². The van der Waals surface area contributed by atoms with Crippen molar-refractivity contribution in [1.29, 1.82) is 0 Å². The molecule has 0 atom stereocenters. The molecule has 0 aliphatic carbocycles. The van der Waals surface area contributed by atoms with E-state index < -0.39 is 0 Å². The molecule has 6 heteroatoms. The predicted molar refractivity (Wildman–Crippen MR) is 69.3 cm³/mol. The number of anilines is 3. The third-order valence-corrected chi connectivity index (χ3v) is 2.72. The van der Waals surface area contributed by atoms with Crippen molar-refractivity contribution in [2.75, 3.05) is 10.7 Å². The van der Waals surface area contributed by atoms with Crippen LogP contribution in [0.2, 0.25) is 5.02 Å². The molecule has 0 amide bonds. The second kappa shape index (κ2) is 4.99. The van der Waals surface area contributed by atoms with Crippen LogP contribution in [0.1, 0.15) is 5.56 Å². The van der Waals surface area contributed by atoms with Crippen LogP contribution >= 0.6 is 11.6 Å². The van der Waals surface area contributed by atoms with Gasteiger partial charge in [0.15, 0.2) is 11.6 Å². The number of nitrogens with two attached hydrogens (primary N) is 1. The molecular weight excluding hydrogens is 238 g/mol. The molecule has 0 unspecified atom stereocenters. The summed E-state index contributed by atoms with van der Waals surface area (Å²) in [6, 6.07) is 5.63. The molecular formula is C11H12ClN5. The van der Waals surface area contributed by atoms with E-state index >= 15 is 0 Å². The lowest BCUT2D eigenvalue weighted by molar-refractivity contribution is 1.16. The van der Waals surface area contributed by atoms with Gasteiger partial charge in [-0.15, -0.1) is 0 Å². The molecule has 4 N–H and O–H groups in total. The smallest absolute Gasteiger partial charge is 0.160 e. The van der Waals surface area contributed by atoms with Crippen molar-refractivity contribution in [3.05, 3.63) is 41.2 Å². The highest BCUT2D eigenvalue weighted by atomic mass is 35.5. The highest BCUT2D eigenvalue weighted by Gasteiger charge is 2.03. The second-order valence-corrected chi connectivity index (χ2v) is 3.88. The fraction of sp³-hybridized carbons (Fsp3) is 0.0909. The van der Waals surface area contributed by atoms with Crippen LogP contribution in [0.15, 0.2) is 30.6 Å². The van der Waals surface area contributed by atoms with E-state index in [2.05, 4.69) is 20.7 Å². The molecule has 1 heterocycles. The Bertz CT molecular complexity index is 529. The number of aromatic nitrogens is 2. The van der Waals surface area contributed by atoms with Gasteiger partial charge in [0.2, 0.25) is 0 Å². The van der Waals surface area contributed by atoms with E-state index in [1.807, 2.05) is 25.1 Å². The van der Waals surface area contributed by atoms with Crippen molar-refractivity contribution in [3.63, 3.8) is 0 Å². The standard InChI is InChI=1S/C11H12ClN5/c1-7-8(12)3-2-4-9(7)15-10-5-14-6-11(16-10)17-13/h2-6H,13H2,1H3,(H2,15,16,17). The Balaban J connectivity index is 2.28. The third kappa shape index (κ3) is 2.64. The summed E-state index contributed by atoms with van der Waals surface area (Å²) in [5, 5.41) is 3.84. The Morgan fingerprint density at radius 1 is 1.24 bits per heavy atom. The highest BCUT2D eigenvalue weighted by Crippen LogP contribution is 2.25. The fourth-order valence-corrected chi connectivity index (χ4v) is 1.55. The van der Waals surface area contributed by atoms with E-state index in [0.717, 1.165) is 11.3 Å². The summed E-state index contributed by atoms with van der Waals surface area (Å²) in [6.07, 6.45) is 3.15. The van der Waals surface area contributed by atoms with Crippen LogP contribution < -0.4 is 16.6 Å². The average Bonchev–Trinajstić information content (AvgIpc) is 2.35. The van der Waals surface area contributed by atoms with Gasteiger partial charge in [0.25, 0.3) is 0 Å². The summed E-state index contributed by atoms with van der Waals surface area (Å²) < 4.78 is 0. The van der Waals surface area contributed by atoms with Crippen LogP contribution in [-0.2, 0) is 0 Å². The van der Waals surface area contributed by atoms with Crippen molar-refractivity contribution < 1.29 is 0 Å². The molecule has 0 saturated heterocycles. The minimum Gasteiger partial charge on any atom is -0.339 e. The summed E-state index contributed by atoms with van der Waals surface area (Å²) in [7, 11) is 0. The molecule has 1 aromatic carbocycles. The molecule has 2 aromatic rings. The Hall–Kier alpha value is -1.85. The van der Waals surface area contributed by atoms with E-state index in [4.69, 9.17) is 17.4 Å². The lowest BCUT2D eigenvalue weighted by Crippen LogP contribution is -2.09. The molecule has 0 saturated carbocycles. The van der Waals surface area contributed by atoms with Crippen molar-refractivity contribution >= 4 is 28.9 Å². The largest absolute Gasteiger partial charge is 0.339 e. The molecule has 17 heavy (non-hydrogen) atoms. The molecule has 1 aromatic heterocycles. The molecule has 0 radical (unpaired) electrons. The second-order valence-electron chi connectivity index (χ2n) is 3.47. The van der Waals surface area contributed by atoms with Gasteiger partial charge in [0, 0.05) is 10.7 Å². The topological polar surface area (TPSA) is 75.9 Å². The number of nitrogens with one attached hydrogen (secondary N) is 2. The van der Waals surface area contributed by atoms with Crippen molar-refractivity contribution in [3.8, 4) is 0 Å². The molecule has 0 aliphatic heterocycles. The normalized spacial score (nSPS) is 10.1. The summed E-state index contributed by atoms with van der Waals surface area (Å²) in [4.78, 5) is 8.21. The van der Waals surface area contributed by atoms with E-state index in [9.17, 15) is 0 Å². The highest BCUT2D eigenvalue weighted by molar-refractivity contribution is 6.31. The molecule has 5 nitrogen and oxygen atoms in total. The van der Waals surface area contributed by atoms with Gasteiger partial charge < -0.3 is 10.7 Å². The zero-order chi connectivity index (χ0) is 12.3. The first kappa shape index (κ1) is 11.6. The number of halogens is 1.